The zero-order valence-corrected chi connectivity index (χ0v) is 10.1. The fourth-order valence-electron chi connectivity index (χ4n) is 0.647. The van der Waals surface area contributed by atoms with Gasteiger partial charge in [-0.05, 0) is 34.7 Å². The van der Waals surface area contributed by atoms with Gasteiger partial charge in [0, 0.05) is 3.57 Å². The number of benzene rings is 1. The summed E-state index contributed by atoms with van der Waals surface area (Å²) in [5.41, 5.74) is 0. The third-order valence-corrected chi connectivity index (χ3v) is 3.31. The summed E-state index contributed by atoms with van der Waals surface area (Å²) in [6.07, 6.45) is 0. The van der Waals surface area contributed by atoms with Crippen molar-refractivity contribution in [1.29, 1.82) is 0 Å². The molecule has 0 atom stereocenters. The van der Waals surface area contributed by atoms with Crippen molar-refractivity contribution >= 4 is 32.7 Å². The van der Waals surface area contributed by atoms with E-state index in [2.05, 4.69) is 0 Å². The largest absolute Gasteiger partial charge is 1.00 e. The van der Waals surface area contributed by atoms with Gasteiger partial charge in [-0.2, -0.15) is 0 Å². The van der Waals surface area contributed by atoms with Gasteiger partial charge in [-0.25, -0.2) is 8.42 Å². The summed E-state index contributed by atoms with van der Waals surface area (Å²) in [4.78, 5) is -0.152. The molecule has 0 N–H and O–H groups in total. The molecule has 12 heavy (non-hydrogen) atoms. The van der Waals surface area contributed by atoms with Gasteiger partial charge in [0.1, 0.15) is 10.1 Å². The molecule has 0 fully saturated rings. The first-order valence-electron chi connectivity index (χ1n) is 2.72. The molecule has 70 valence electrons. The number of halogens is 1. The molecule has 0 unspecified atom stereocenters. The van der Waals surface area contributed by atoms with E-state index in [9.17, 15) is 13.0 Å². The fourth-order valence-corrected chi connectivity index (χ4v) is 2.40. The second kappa shape index (κ2) is 4.73. The van der Waals surface area contributed by atoms with E-state index in [4.69, 9.17) is 0 Å². The molecule has 0 aliphatic carbocycles. The predicted molar refractivity (Wildman–Crippen MR) is 47.1 cm³/mol. The van der Waals surface area contributed by atoms with Crippen LogP contribution in [0.5, 0.6) is 0 Å². The Bertz CT molecular complexity index is 363. The Kier molecular flexibility index (Phi) is 4.97. The Morgan fingerprint density at radius 3 is 2.08 bits per heavy atom. The average molecular weight is 391 g/mol. The first-order valence-corrected chi connectivity index (χ1v) is 5.21. The summed E-state index contributed by atoms with van der Waals surface area (Å²) < 4.78 is 31.9. The normalized spacial score (nSPS) is 10.5. The monoisotopic (exact) mass is 390 g/mol. The van der Waals surface area contributed by atoms with Gasteiger partial charge in [0.15, 0.2) is 0 Å². The van der Waals surface area contributed by atoms with E-state index in [0.717, 1.165) is 0 Å². The molecule has 0 bridgehead atoms. The molecule has 0 heterocycles. The Labute approximate surface area is 100.0 Å². The number of hydrogen-bond donors (Lipinski definition) is 0. The van der Waals surface area contributed by atoms with Crippen molar-refractivity contribution in [2.45, 2.75) is 4.90 Å². The quantitative estimate of drug-likeness (QED) is 0.411. The maximum atomic E-state index is 10.5. The van der Waals surface area contributed by atoms with Crippen LogP contribution in [0.2, 0.25) is 0 Å². The van der Waals surface area contributed by atoms with Crippen LogP contribution < -0.4 is 0 Å². The van der Waals surface area contributed by atoms with Crippen molar-refractivity contribution in [3.05, 3.63) is 27.8 Å². The Morgan fingerprint density at radius 2 is 1.75 bits per heavy atom. The minimum Gasteiger partial charge on any atom is -0.744 e. The van der Waals surface area contributed by atoms with Crippen LogP contribution in [0.4, 0.5) is 0 Å². The smallest absolute Gasteiger partial charge is 0.744 e. The molecule has 0 radical (unpaired) electrons. The van der Waals surface area contributed by atoms with Crippen molar-refractivity contribution in [1.82, 2.24) is 0 Å². The molecule has 3 nitrogen and oxygen atoms in total. The van der Waals surface area contributed by atoms with Crippen LogP contribution in [0, 0.1) is 3.57 Å². The minimum absolute atomic E-state index is 0. The summed E-state index contributed by atoms with van der Waals surface area (Å²) >= 11 is 1.81. The number of hydrogen-bond acceptors (Lipinski definition) is 3. The van der Waals surface area contributed by atoms with Crippen molar-refractivity contribution in [3.8, 4) is 0 Å². The molecule has 1 aromatic carbocycles. The molecular weight excluding hydrogens is 387 g/mol. The van der Waals surface area contributed by atoms with Gasteiger partial charge in [0.2, 0.25) is 0 Å². The molecule has 0 amide bonds. The zero-order valence-electron chi connectivity index (χ0n) is 5.62. The van der Waals surface area contributed by atoms with E-state index in [-0.39, 0.29) is 27.3 Å². The van der Waals surface area contributed by atoms with Gasteiger partial charge >= 0.3 is 22.4 Å². The van der Waals surface area contributed by atoms with Crippen molar-refractivity contribution in [3.63, 3.8) is 0 Å². The third kappa shape index (κ3) is 3.15. The van der Waals surface area contributed by atoms with E-state index in [1.807, 2.05) is 0 Å². The summed E-state index contributed by atoms with van der Waals surface area (Å²) in [5, 5.41) is 0. The van der Waals surface area contributed by atoms with Crippen molar-refractivity contribution in [2.24, 2.45) is 0 Å². The molecule has 0 spiro atoms. The van der Waals surface area contributed by atoms with E-state index in [0.29, 0.717) is 3.57 Å². The summed E-state index contributed by atoms with van der Waals surface area (Å²) in [6, 6.07) is 6.07. The number of rotatable bonds is 1. The maximum Gasteiger partial charge on any atom is 1.00 e. The molecule has 0 saturated carbocycles. The molecule has 0 aliphatic heterocycles. The second-order valence-corrected chi connectivity index (χ2v) is 4.39. The molecule has 0 saturated heterocycles. The van der Waals surface area contributed by atoms with E-state index in [1.54, 1.807) is 34.7 Å². The van der Waals surface area contributed by atoms with Gasteiger partial charge in [-0.15, -0.1) is 0 Å². The molecule has 6 heteroatoms. The standard InChI is InChI=1S/C6H5IO3S.Ag/c7-5-3-1-2-4-6(5)11(8,9)10;/h1-4H,(H,8,9,10);/q;+1/p-1. The molecule has 0 aliphatic rings. The van der Waals surface area contributed by atoms with Gasteiger partial charge in [-0.3, -0.25) is 0 Å². The van der Waals surface area contributed by atoms with Crippen LogP contribution in [0.15, 0.2) is 29.2 Å². The Hall–Kier alpha value is 0.600. The van der Waals surface area contributed by atoms with Crippen molar-refractivity contribution in [2.75, 3.05) is 0 Å². The van der Waals surface area contributed by atoms with Crippen LogP contribution >= 0.6 is 22.6 Å². The van der Waals surface area contributed by atoms with Gasteiger partial charge in [0.25, 0.3) is 0 Å². The maximum absolute atomic E-state index is 10.5. The molecular formula is C6H4AgIO3S. The first kappa shape index (κ1) is 12.6. The van der Waals surface area contributed by atoms with Gasteiger partial charge in [-0.1, -0.05) is 12.1 Å². The SMILES string of the molecule is O=S(=O)([O-])c1ccccc1I.[Ag+]. The second-order valence-electron chi connectivity index (χ2n) is 1.88. The van der Waals surface area contributed by atoms with Gasteiger partial charge in [0.05, 0.1) is 4.90 Å². The summed E-state index contributed by atoms with van der Waals surface area (Å²) in [6.45, 7) is 0. The Morgan fingerprint density at radius 1 is 1.25 bits per heavy atom. The van der Waals surface area contributed by atoms with E-state index < -0.39 is 10.1 Å². The van der Waals surface area contributed by atoms with Crippen LogP contribution in [0.1, 0.15) is 0 Å². The fraction of sp³-hybridized carbons (Fsp3) is 0. The van der Waals surface area contributed by atoms with Crippen LogP contribution in [-0.4, -0.2) is 13.0 Å². The van der Waals surface area contributed by atoms with Gasteiger partial charge < -0.3 is 4.55 Å². The Balaban J connectivity index is 0.00000121. The van der Waals surface area contributed by atoms with Crippen LogP contribution in [0.25, 0.3) is 0 Å². The summed E-state index contributed by atoms with van der Waals surface area (Å²) in [5.74, 6) is 0. The minimum atomic E-state index is -4.29. The first-order chi connectivity index (χ1) is 5.02. The van der Waals surface area contributed by atoms with Crippen molar-refractivity contribution < 1.29 is 35.4 Å². The van der Waals surface area contributed by atoms with E-state index in [1.165, 1.54) is 12.1 Å². The van der Waals surface area contributed by atoms with Crippen LogP contribution in [-0.2, 0) is 32.5 Å². The zero-order chi connectivity index (χ0) is 8.48. The molecule has 0 aromatic heterocycles. The topological polar surface area (TPSA) is 57.2 Å². The summed E-state index contributed by atoms with van der Waals surface area (Å²) in [7, 11) is -4.29. The third-order valence-electron chi connectivity index (χ3n) is 1.11. The average Bonchev–Trinajstić information content (AvgIpc) is 1.86. The van der Waals surface area contributed by atoms with E-state index >= 15 is 0 Å². The molecule has 1 aromatic rings. The van der Waals surface area contributed by atoms with Crippen LogP contribution in [0.3, 0.4) is 0 Å². The predicted octanol–water partition coefficient (Wildman–Crippen LogP) is 1.19. The molecule has 1 rings (SSSR count).